The van der Waals surface area contributed by atoms with Crippen molar-refractivity contribution in [2.45, 2.75) is 50.4 Å². The fourth-order valence-electron chi connectivity index (χ4n) is 2.50. The number of hydrogen-bond donors (Lipinski definition) is 1. The molecule has 1 N–H and O–H groups in total. The van der Waals surface area contributed by atoms with Crippen molar-refractivity contribution in [3.63, 3.8) is 0 Å². The second-order valence-corrected chi connectivity index (χ2v) is 6.51. The SMILES string of the molecule is Cc1cc(C(Cl)C(=O)NC2CCCCC2)ccc1Br. The van der Waals surface area contributed by atoms with Crippen LogP contribution in [0.15, 0.2) is 22.7 Å². The second-order valence-electron chi connectivity index (χ2n) is 5.21. The molecule has 0 aromatic heterocycles. The number of rotatable bonds is 3. The highest BCUT2D eigenvalue weighted by Crippen LogP contribution is 2.26. The lowest BCUT2D eigenvalue weighted by molar-refractivity contribution is -0.121. The minimum absolute atomic E-state index is 0.0738. The molecular formula is C15H19BrClNO. The van der Waals surface area contributed by atoms with E-state index in [-0.39, 0.29) is 5.91 Å². The van der Waals surface area contributed by atoms with E-state index in [1.165, 1.54) is 19.3 Å². The smallest absolute Gasteiger partial charge is 0.242 e. The van der Waals surface area contributed by atoms with Crippen LogP contribution in [0.1, 0.15) is 48.6 Å². The van der Waals surface area contributed by atoms with Crippen molar-refractivity contribution < 1.29 is 4.79 Å². The lowest BCUT2D eigenvalue weighted by Crippen LogP contribution is -2.38. The molecule has 0 spiro atoms. The number of alkyl halides is 1. The Labute approximate surface area is 128 Å². The minimum Gasteiger partial charge on any atom is -0.352 e. The average molecular weight is 345 g/mol. The van der Waals surface area contributed by atoms with Gasteiger partial charge in [-0.05, 0) is 37.0 Å². The Kier molecular flexibility index (Phi) is 5.28. The molecule has 1 saturated carbocycles. The van der Waals surface area contributed by atoms with Gasteiger partial charge in [-0.3, -0.25) is 4.79 Å². The zero-order chi connectivity index (χ0) is 13.8. The second kappa shape index (κ2) is 6.76. The number of amides is 1. The number of halogens is 2. The molecule has 0 radical (unpaired) electrons. The highest BCUT2D eigenvalue weighted by atomic mass is 79.9. The molecule has 0 aliphatic heterocycles. The Morgan fingerprint density at radius 2 is 2.05 bits per heavy atom. The molecule has 1 atom stereocenters. The van der Waals surface area contributed by atoms with Gasteiger partial charge in [0.15, 0.2) is 0 Å². The maximum Gasteiger partial charge on any atom is 0.242 e. The van der Waals surface area contributed by atoms with E-state index in [1.54, 1.807) is 0 Å². The van der Waals surface area contributed by atoms with Crippen molar-refractivity contribution in [1.29, 1.82) is 0 Å². The summed E-state index contributed by atoms with van der Waals surface area (Å²) in [5.41, 5.74) is 1.95. The monoisotopic (exact) mass is 343 g/mol. The summed E-state index contributed by atoms with van der Waals surface area (Å²) in [5, 5.41) is 2.47. The summed E-state index contributed by atoms with van der Waals surface area (Å²) >= 11 is 9.72. The fourth-order valence-corrected chi connectivity index (χ4v) is 2.94. The predicted octanol–water partition coefficient (Wildman–Crippen LogP) is 4.49. The lowest BCUT2D eigenvalue weighted by atomic mass is 9.95. The van der Waals surface area contributed by atoms with Crippen molar-refractivity contribution in [2.75, 3.05) is 0 Å². The number of nitrogens with one attached hydrogen (secondary N) is 1. The Morgan fingerprint density at radius 1 is 1.37 bits per heavy atom. The van der Waals surface area contributed by atoms with Crippen LogP contribution in [-0.4, -0.2) is 11.9 Å². The molecule has 2 rings (SSSR count). The van der Waals surface area contributed by atoms with E-state index >= 15 is 0 Å². The van der Waals surface area contributed by atoms with Gasteiger partial charge in [-0.1, -0.05) is 47.3 Å². The molecule has 1 amide bonds. The average Bonchev–Trinajstić information content (AvgIpc) is 2.42. The van der Waals surface area contributed by atoms with E-state index in [4.69, 9.17) is 11.6 Å². The molecule has 0 heterocycles. The normalized spacial score (nSPS) is 18.1. The topological polar surface area (TPSA) is 29.1 Å². The van der Waals surface area contributed by atoms with Gasteiger partial charge in [0.2, 0.25) is 5.91 Å². The van der Waals surface area contributed by atoms with E-state index < -0.39 is 5.38 Å². The van der Waals surface area contributed by atoms with Crippen molar-refractivity contribution in [1.82, 2.24) is 5.32 Å². The van der Waals surface area contributed by atoms with Gasteiger partial charge in [-0.15, -0.1) is 11.6 Å². The third kappa shape index (κ3) is 3.96. The van der Waals surface area contributed by atoms with Crippen molar-refractivity contribution in [2.24, 2.45) is 0 Å². The Morgan fingerprint density at radius 3 is 2.68 bits per heavy atom. The summed E-state index contributed by atoms with van der Waals surface area (Å²) in [5.74, 6) is -0.0738. The number of carbonyl (C=O) groups excluding carboxylic acids is 1. The molecule has 1 fully saturated rings. The first kappa shape index (κ1) is 14.9. The largest absolute Gasteiger partial charge is 0.352 e. The maximum absolute atomic E-state index is 12.2. The molecular weight excluding hydrogens is 326 g/mol. The zero-order valence-corrected chi connectivity index (χ0v) is 13.4. The zero-order valence-electron chi connectivity index (χ0n) is 11.1. The van der Waals surface area contributed by atoms with Gasteiger partial charge >= 0.3 is 0 Å². The lowest BCUT2D eigenvalue weighted by Gasteiger charge is -2.24. The Balaban J connectivity index is 1.99. The van der Waals surface area contributed by atoms with Gasteiger partial charge in [0.05, 0.1) is 0 Å². The van der Waals surface area contributed by atoms with Crippen molar-refractivity contribution in [3.8, 4) is 0 Å². The van der Waals surface area contributed by atoms with Crippen molar-refractivity contribution in [3.05, 3.63) is 33.8 Å². The van der Waals surface area contributed by atoms with Gasteiger partial charge in [0.1, 0.15) is 5.38 Å². The summed E-state index contributed by atoms with van der Waals surface area (Å²) in [6, 6.07) is 6.10. The number of carbonyl (C=O) groups is 1. The standard InChI is InChI=1S/C15H19BrClNO/c1-10-9-11(7-8-13(10)16)14(17)15(19)18-12-5-3-2-4-6-12/h7-9,12,14H,2-6H2,1H3,(H,18,19). The Bertz CT molecular complexity index is 457. The summed E-state index contributed by atoms with van der Waals surface area (Å²) in [6.45, 7) is 2.00. The van der Waals surface area contributed by atoms with E-state index in [0.717, 1.165) is 28.4 Å². The highest BCUT2D eigenvalue weighted by molar-refractivity contribution is 9.10. The van der Waals surface area contributed by atoms with Crippen LogP contribution in [0.25, 0.3) is 0 Å². The van der Waals surface area contributed by atoms with Crippen LogP contribution >= 0.6 is 27.5 Å². The van der Waals surface area contributed by atoms with Gasteiger partial charge in [-0.25, -0.2) is 0 Å². The molecule has 0 bridgehead atoms. The van der Waals surface area contributed by atoms with E-state index in [1.807, 2.05) is 25.1 Å². The first-order chi connectivity index (χ1) is 9.08. The molecule has 2 nitrogen and oxygen atoms in total. The molecule has 1 aliphatic carbocycles. The van der Waals surface area contributed by atoms with Crippen LogP contribution in [-0.2, 0) is 4.79 Å². The third-order valence-electron chi connectivity index (χ3n) is 3.66. The van der Waals surface area contributed by atoms with Crippen LogP contribution < -0.4 is 5.32 Å². The van der Waals surface area contributed by atoms with E-state index in [2.05, 4.69) is 21.2 Å². The van der Waals surface area contributed by atoms with Crippen LogP contribution in [0.2, 0.25) is 0 Å². The first-order valence-corrected chi connectivity index (χ1v) is 8.01. The summed E-state index contributed by atoms with van der Waals surface area (Å²) in [7, 11) is 0. The third-order valence-corrected chi connectivity index (χ3v) is 5.00. The number of aryl methyl sites for hydroxylation is 1. The Hall–Kier alpha value is -0.540. The van der Waals surface area contributed by atoms with E-state index in [9.17, 15) is 4.79 Å². The molecule has 1 aliphatic rings. The maximum atomic E-state index is 12.2. The molecule has 1 aromatic rings. The predicted molar refractivity (Wildman–Crippen MR) is 82.5 cm³/mol. The fraction of sp³-hybridized carbons (Fsp3) is 0.533. The molecule has 1 unspecified atom stereocenters. The molecule has 104 valence electrons. The van der Waals surface area contributed by atoms with Crippen LogP contribution in [0, 0.1) is 6.92 Å². The summed E-state index contributed by atoms with van der Waals surface area (Å²) in [6.07, 6.45) is 5.84. The van der Waals surface area contributed by atoms with Crippen LogP contribution in [0.4, 0.5) is 0 Å². The van der Waals surface area contributed by atoms with Crippen molar-refractivity contribution >= 4 is 33.4 Å². The number of hydrogen-bond acceptors (Lipinski definition) is 1. The molecule has 0 saturated heterocycles. The highest BCUT2D eigenvalue weighted by Gasteiger charge is 2.22. The molecule has 1 aromatic carbocycles. The molecule has 4 heteroatoms. The minimum atomic E-state index is -0.603. The summed E-state index contributed by atoms with van der Waals surface area (Å²) in [4.78, 5) is 12.2. The summed E-state index contributed by atoms with van der Waals surface area (Å²) < 4.78 is 1.04. The van der Waals surface area contributed by atoms with Gasteiger partial charge in [0.25, 0.3) is 0 Å². The number of benzene rings is 1. The van der Waals surface area contributed by atoms with Gasteiger partial charge in [0, 0.05) is 10.5 Å². The quantitative estimate of drug-likeness (QED) is 0.804. The van der Waals surface area contributed by atoms with Gasteiger partial charge in [-0.2, -0.15) is 0 Å². The van der Waals surface area contributed by atoms with Crippen LogP contribution in [0.3, 0.4) is 0 Å². The molecule has 19 heavy (non-hydrogen) atoms. The first-order valence-electron chi connectivity index (χ1n) is 6.78. The van der Waals surface area contributed by atoms with Gasteiger partial charge < -0.3 is 5.32 Å². The van der Waals surface area contributed by atoms with E-state index in [0.29, 0.717) is 6.04 Å². The van der Waals surface area contributed by atoms with Crippen LogP contribution in [0.5, 0.6) is 0 Å².